The number of aryl methyl sites for hydroxylation is 1. The number of nitrogens with one attached hydrogen (secondary N) is 2. The molecular weight excluding hydrogens is 548 g/mol. The van der Waals surface area contributed by atoms with E-state index in [0.717, 1.165) is 35.6 Å². The van der Waals surface area contributed by atoms with Gasteiger partial charge in [0.1, 0.15) is 11.6 Å². The van der Waals surface area contributed by atoms with E-state index in [2.05, 4.69) is 10.6 Å². The molecule has 0 fully saturated rings. The molecule has 0 bridgehead atoms. The van der Waals surface area contributed by atoms with Gasteiger partial charge in [0.2, 0.25) is 0 Å². The minimum atomic E-state index is -1.08. The van der Waals surface area contributed by atoms with Gasteiger partial charge in [-0.1, -0.05) is 50.3 Å². The number of halogens is 2. The predicted octanol–water partition coefficient (Wildman–Crippen LogP) is 6.06. The average Bonchev–Trinajstić information content (AvgIpc) is 2.96. The zero-order valence-electron chi connectivity index (χ0n) is 25.5. The van der Waals surface area contributed by atoms with Crippen LogP contribution < -0.4 is 10.6 Å². The van der Waals surface area contributed by atoms with Crippen LogP contribution in [-0.4, -0.2) is 53.6 Å². The molecule has 0 aliphatic heterocycles. The first-order chi connectivity index (χ1) is 20.6. The standard InChI is InChI=1S/C35H43F2N3O3/c1-5-9-25-10-8-11-26(16-25)22-38-23-33(41)32(19-27-17-30(36)21-31(37)18-27)39-34(42)28-14-24(4)15-29(20-28)35(43)40(12-6-2)13-7-3/h5,8-11,14-18,20-21,32-33,38,41H,6-7,12-13,19,22-23H2,1-4H3,(H,39,42)/b9-5-/t32-,33+/m0/s1. The highest BCUT2D eigenvalue weighted by Gasteiger charge is 2.24. The summed E-state index contributed by atoms with van der Waals surface area (Å²) in [4.78, 5) is 28.5. The molecule has 0 spiro atoms. The number of hydrogen-bond donors (Lipinski definition) is 3. The van der Waals surface area contributed by atoms with Crippen LogP contribution in [0.5, 0.6) is 0 Å². The number of amides is 2. The lowest BCUT2D eigenvalue weighted by Gasteiger charge is -2.25. The second kappa shape index (κ2) is 16.7. The van der Waals surface area contributed by atoms with E-state index in [1.807, 2.05) is 64.1 Å². The number of allylic oxidation sites excluding steroid dienone is 1. The summed E-state index contributed by atoms with van der Waals surface area (Å²) in [5.74, 6) is -2.11. The SMILES string of the molecule is C/C=C\c1cccc(CNC[C@@H](O)[C@H](Cc2cc(F)cc(F)c2)NC(=O)c2cc(C)cc(C(=O)N(CCC)CCC)c2)c1. The maximum atomic E-state index is 14.0. The first-order valence-electron chi connectivity index (χ1n) is 14.9. The third-order valence-electron chi connectivity index (χ3n) is 7.01. The fourth-order valence-corrected chi connectivity index (χ4v) is 5.10. The van der Waals surface area contributed by atoms with Gasteiger partial charge in [0.15, 0.2) is 0 Å². The molecule has 0 saturated carbocycles. The van der Waals surface area contributed by atoms with Crippen molar-refractivity contribution >= 4 is 17.9 Å². The molecule has 43 heavy (non-hydrogen) atoms. The van der Waals surface area contributed by atoms with Crippen molar-refractivity contribution in [2.75, 3.05) is 19.6 Å². The molecule has 3 N–H and O–H groups in total. The Morgan fingerprint density at radius 1 is 0.930 bits per heavy atom. The van der Waals surface area contributed by atoms with Crippen molar-refractivity contribution in [2.24, 2.45) is 0 Å². The first-order valence-corrected chi connectivity index (χ1v) is 14.9. The number of carbonyl (C=O) groups excluding carboxylic acids is 2. The predicted molar refractivity (Wildman–Crippen MR) is 168 cm³/mol. The molecule has 8 heteroatoms. The average molecular weight is 592 g/mol. The van der Waals surface area contributed by atoms with E-state index < -0.39 is 29.7 Å². The molecule has 0 saturated heterocycles. The Kier molecular flexibility index (Phi) is 13.0. The van der Waals surface area contributed by atoms with Gasteiger partial charge in [-0.15, -0.1) is 0 Å². The molecule has 0 radical (unpaired) electrons. The lowest BCUT2D eigenvalue weighted by atomic mass is 9.99. The first kappa shape index (κ1) is 33.6. The molecule has 0 aliphatic carbocycles. The van der Waals surface area contributed by atoms with Crippen molar-refractivity contribution in [2.45, 2.75) is 65.6 Å². The number of aliphatic hydroxyl groups is 1. The van der Waals surface area contributed by atoms with E-state index in [-0.39, 0.29) is 24.4 Å². The van der Waals surface area contributed by atoms with E-state index in [1.54, 1.807) is 23.1 Å². The fraction of sp³-hybridized carbons (Fsp3) is 0.371. The van der Waals surface area contributed by atoms with Gasteiger partial charge in [0, 0.05) is 43.4 Å². The minimum absolute atomic E-state index is 0.00156. The number of benzene rings is 3. The second-order valence-corrected chi connectivity index (χ2v) is 10.9. The Morgan fingerprint density at radius 2 is 1.60 bits per heavy atom. The molecule has 6 nitrogen and oxygen atoms in total. The Morgan fingerprint density at radius 3 is 2.26 bits per heavy atom. The van der Waals surface area contributed by atoms with Crippen LogP contribution in [0.1, 0.15) is 76.6 Å². The van der Waals surface area contributed by atoms with Gasteiger partial charge in [0.05, 0.1) is 12.1 Å². The molecule has 2 amide bonds. The third kappa shape index (κ3) is 10.4. The maximum absolute atomic E-state index is 14.0. The summed E-state index contributed by atoms with van der Waals surface area (Å²) in [5.41, 5.74) is 3.81. The van der Waals surface area contributed by atoms with Crippen LogP contribution >= 0.6 is 0 Å². The van der Waals surface area contributed by atoms with E-state index in [4.69, 9.17) is 0 Å². The highest BCUT2D eigenvalue weighted by molar-refractivity contribution is 6.00. The van der Waals surface area contributed by atoms with Crippen LogP contribution in [0, 0.1) is 18.6 Å². The summed E-state index contributed by atoms with van der Waals surface area (Å²) < 4.78 is 28.0. The lowest BCUT2D eigenvalue weighted by Crippen LogP contribution is -2.48. The van der Waals surface area contributed by atoms with Gasteiger partial charge < -0.3 is 20.6 Å². The van der Waals surface area contributed by atoms with Gasteiger partial charge in [-0.05, 0) is 85.7 Å². The zero-order chi connectivity index (χ0) is 31.4. The van der Waals surface area contributed by atoms with Gasteiger partial charge in [-0.25, -0.2) is 8.78 Å². The molecule has 3 aromatic rings. The quantitative estimate of drug-likeness (QED) is 0.201. The van der Waals surface area contributed by atoms with E-state index in [0.29, 0.717) is 30.8 Å². The summed E-state index contributed by atoms with van der Waals surface area (Å²) in [6.45, 7) is 9.62. The smallest absolute Gasteiger partial charge is 0.253 e. The molecule has 3 rings (SSSR count). The number of hydrogen-bond acceptors (Lipinski definition) is 4. The summed E-state index contributed by atoms with van der Waals surface area (Å²) >= 11 is 0. The Balaban J connectivity index is 1.80. The molecule has 0 aliphatic rings. The molecule has 0 heterocycles. The Bertz CT molecular complexity index is 1380. The molecule has 230 valence electrons. The molecule has 0 unspecified atom stereocenters. The van der Waals surface area contributed by atoms with Crippen LogP contribution in [-0.2, 0) is 13.0 Å². The van der Waals surface area contributed by atoms with Crippen molar-refractivity contribution in [1.82, 2.24) is 15.5 Å². The third-order valence-corrected chi connectivity index (χ3v) is 7.01. The van der Waals surface area contributed by atoms with Crippen molar-refractivity contribution in [3.05, 3.63) is 112 Å². The van der Waals surface area contributed by atoms with Gasteiger partial charge in [0.25, 0.3) is 11.8 Å². The Hall–Kier alpha value is -3.88. The monoisotopic (exact) mass is 591 g/mol. The number of rotatable bonds is 15. The van der Waals surface area contributed by atoms with E-state index in [1.165, 1.54) is 12.1 Å². The van der Waals surface area contributed by atoms with Gasteiger partial charge in [-0.3, -0.25) is 9.59 Å². The summed E-state index contributed by atoms with van der Waals surface area (Å²) in [6.07, 6.45) is 4.51. The van der Waals surface area contributed by atoms with Crippen LogP contribution in [0.15, 0.2) is 66.7 Å². The summed E-state index contributed by atoms with van der Waals surface area (Å²) in [7, 11) is 0. The maximum Gasteiger partial charge on any atom is 0.253 e. The van der Waals surface area contributed by atoms with Gasteiger partial charge >= 0.3 is 0 Å². The van der Waals surface area contributed by atoms with Crippen LogP contribution in [0.3, 0.4) is 0 Å². The largest absolute Gasteiger partial charge is 0.390 e. The van der Waals surface area contributed by atoms with Crippen molar-refractivity contribution in [3.8, 4) is 0 Å². The number of aliphatic hydroxyl groups excluding tert-OH is 1. The number of nitrogens with zero attached hydrogens (tertiary/aromatic N) is 1. The summed E-state index contributed by atoms with van der Waals surface area (Å²) in [6, 6.07) is 15.2. The number of carbonyl (C=O) groups is 2. The van der Waals surface area contributed by atoms with E-state index >= 15 is 0 Å². The molecule has 0 aromatic heterocycles. The van der Waals surface area contributed by atoms with E-state index in [9.17, 15) is 23.5 Å². The fourth-order valence-electron chi connectivity index (χ4n) is 5.10. The highest BCUT2D eigenvalue weighted by Crippen LogP contribution is 2.16. The summed E-state index contributed by atoms with van der Waals surface area (Å²) in [5, 5.41) is 17.3. The minimum Gasteiger partial charge on any atom is -0.390 e. The Labute approximate surface area is 253 Å². The van der Waals surface area contributed by atoms with Crippen LogP contribution in [0.4, 0.5) is 8.78 Å². The highest BCUT2D eigenvalue weighted by atomic mass is 19.1. The topological polar surface area (TPSA) is 81.7 Å². The molecular formula is C35H43F2N3O3. The van der Waals surface area contributed by atoms with Crippen molar-refractivity contribution in [1.29, 1.82) is 0 Å². The zero-order valence-corrected chi connectivity index (χ0v) is 25.5. The second-order valence-electron chi connectivity index (χ2n) is 10.9. The van der Waals surface area contributed by atoms with Crippen LogP contribution in [0.25, 0.3) is 6.08 Å². The molecule has 2 atom stereocenters. The lowest BCUT2D eigenvalue weighted by molar-refractivity contribution is 0.0755. The van der Waals surface area contributed by atoms with Crippen molar-refractivity contribution in [3.63, 3.8) is 0 Å². The van der Waals surface area contributed by atoms with Crippen LogP contribution in [0.2, 0.25) is 0 Å². The van der Waals surface area contributed by atoms with Crippen molar-refractivity contribution < 1.29 is 23.5 Å². The van der Waals surface area contributed by atoms with Gasteiger partial charge in [-0.2, -0.15) is 0 Å². The molecule has 3 aromatic carbocycles. The normalized spacial score (nSPS) is 12.7.